The molecule has 0 spiro atoms. The highest BCUT2D eigenvalue weighted by atomic mass is 16.5. The van der Waals surface area contributed by atoms with Gasteiger partial charge < -0.3 is 9.84 Å². The van der Waals surface area contributed by atoms with Gasteiger partial charge in [0.2, 0.25) is 11.8 Å². The Hall–Kier alpha value is -4.59. The van der Waals surface area contributed by atoms with Gasteiger partial charge >= 0.3 is 0 Å². The number of allylic oxidation sites excluding steroid dienone is 6. The Labute approximate surface area is 230 Å². The number of ketones is 3. The van der Waals surface area contributed by atoms with Gasteiger partial charge in [-0.05, 0) is 81.1 Å². The monoisotopic (exact) mass is 537 g/mol. The number of hydrogen-bond donors (Lipinski definition) is 1. The number of imide groups is 1. The van der Waals surface area contributed by atoms with Crippen molar-refractivity contribution in [2.45, 2.75) is 32.6 Å². The third kappa shape index (κ3) is 3.70. The molecule has 2 aromatic carbocycles. The molecule has 202 valence electrons. The molecule has 8 nitrogen and oxygen atoms in total. The number of anilines is 1. The molecule has 0 bridgehead atoms. The van der Waals surface area contributed by atoms with Gasteiger partial charge in [-0.2, -0.15) is 0 Å². The number of carbonyl (C=O) groups is 5. The second kappa shape index (κ2) is 9.26. The fourth-order valence-electron chi connectivity index (χ4n) is 6.73. The number of rotatable bonds is 4. The molecule has 8 heteroatoms. The second-order valence-electron chi connectivity index (χ2n) is 10.8. The Balaban J connectivity index is 1.47. The van der Waals surface area contributed by atoms with Crippen LogP contribution in [0.15, 0.2) is 76.9 Å². The third-order valence-electron chi connectivity index (χ3n) is 8.64. The number of carbonyl (C=O) groups excluding carboxylic acids is 5. The Morgan fingerprint density at radius 3 is 2.40 bits per heavy atom. The summed E-state index contributed by atoms with van der Waals surface area (Å²) < 4.78 is 5.39. The van der Waals surface area contributed by atoms with Gasteiger partial charge in [-0.3, -0.25) is 28.9 Å². The molecule has 3 aliphatic carbocycles. The lowest BCUT2D eigenvalue weighted by Gasteiger charge is -2.42. The van der Waals surface area contributed by atoms with Crippen molar-refractivity contribution in [1.82, 2.24) is 0 Å². The van der Waals surface area contributed by atoms with Crippen LogP contribution in [-0.4, -0.2) is 41.4 Å². The molecule has 1 heterocycles. The van der Waals surface area contributed by atoms with Crippen LogP contribution in [0.4, 0.5) is 5.69 Å². The molecule has 0 saturated carbocycles. The number of hydrogen-bond acceptors (Lipinski definition) is 7. The lowest BCUT2D eigenvalue weighted by molar-refractivity contribution is -0.123. The summed E-state index contributed by atoms with van der Waals surface area (Å²) in [5.41, 5.74) is 2.95. The maximum atomic E-state index is 14.0. The topological polar surface area (TPSA) is 118 Å². The van der Waals surface area contributed by atoms with E-state index < -0.39 is 23.7 Å². The number of methoxy groups -OCH3 is 1. The lowest BCUT2D eigenvalue weighted by atomic mass is 9.59. The van der Waals surface area contributed by atoms with Crippen molar-refractivity contribution < 1.29 is 33.8 Å². The van der Waals surface area contributed by atoms with E-state index in [2.05, 4.69) is 0 Å². The first-order chi connectivity index (χ1) is 19.1. The number of ether oxygens (including phenoxy) is 1. The molecule has 4 aliphatic rings. The van der Waals surface area contributed by atoms with E-state index in [1.54, 1.807) is 43.3 Å². The molecular weight excluding hydrogens is 510 g/mol. The van der Waals surface area contributed by atoms with Crippen LogP contribution in [0.3, 0.4) is 0 Å². The average Bonchev–Trinajstić information content (AvgIpc) is 3.20. The highest BCUT2D eigenvalue weighted by Gasteiger charge is 2.56. The summed E-state index contributed by atoms with van der Waals surface area (Å²) in [7, 11) is 1.50. The van der Waals surface area contributed by atoms with Crippen molar-refractivity contribution in [3.05, 3.63) is 88.0 Å². The van der Waals surface area contributed by atoms with Gasteiger partial charge in [0.25, 0.3) is 0 Å². The maximum absolute atomic E-state index is 14.0. The predicted octanol–water partition coefficient (Wildman–Crippen LogP) is 4.24. The molecule has 1 N–H and O–H groups in total. The zero-order valence-corrected chi connectivity index (χ0v) is 22.3. The smallest absolute Gasteiger partial charge is 0.238 e. The van der Waals surface area contributed by atoms with Crippen LogP contribution in [0.1, 0.15) is 48.5 Å². The Kier molecular flexibility index (Phi) is 5.94. The van der Waals surface area contributed by atoms with Crippen molar-refractivity contribution in [1.29, 1.82) is 0 Å². The first-order valence-electron chi connectivity index (χ1n) is 13.2. The summed E-state index contributed by atoms with van der Waals surface area (Å²) in [6.45, 7) is 3.04. The summed E-state index contributed by atoms with van der Waals surface area (Å²) in [5.74, 6) is -3.63. The molecule has 4 unspecified atom stereocenters. The minimum Gasteiger partial charge on any atom is -0.508 e. The predicted molar refractivity (Wildman–Crippen MR) is 145 cm³/mol. The minimum absolute atomic E-state index is 0.0612. The molecule has 0 aromatic heterocycles. The van der Waals surface area contributed by atoms with Crippen LogP contribution >= 0.6 is 0 Å². The van der Waals surface area contributed by atoms with Gasteiger partial charge in [0.05, 0.1) is 24.6 Å². The van der Waals surface area contributed by atoms with Crippen LogP contribution in [0.5, 0.6) is 11.5 Å². The maximum Gasteiger partial charge on any atom is 0.238 e. The van der Waals surface area contributed by atoms with Crippen molar-refractivity contribution >= 4 is 34.9 Å². The SMILES string of the molecule is COc1ccc(O)c(C2C3=CCC4C(=O)N(c5ccc(C(C)=O)cc5)C(=O)C4C3CC3=C2C(=O)C=C(C)C3=O)c1. The number of nitrogens with zero attached hydrogens (tertiary/aromatic N) is 1. The standard InChI is InChI=1S/C32H27NO7/c1-15-12-26(36)29-24(30(15)37)14-22-20(27(29)23-13-19(40-3)8-11-25(23)35)9-10-21-28(22)32(39)33(31(21)38)18-6-4-17(5-7-18)16(2)34/h4-9,11-13,21-22,27-28,35H,10,14H2,1-3H3. The van der Waals surface area contributed by atoms with Gasteiger partial charge in [-0.15, -0.1) is 0 Å². The number of Topliss-reactive ketones (excluding diaryl/α,β-unsaturated/α-hetero) is 2. The number of phenols is 1. The summed E-state index contributed by atoms with van der Waals surface area (Å²) in [6, 6.07) is 11.1. The molecule has 1 saturated heterocycles. The van der Waals surface area contributed by atoms with Crippen LogP contribution in [0.2, 0.25) is 0 Å². The van der Waals surface area contributed by atoms with Crippen molar-refractivity contribution in [3.8, 4) is 11.5 Å². The highest BCUT2D eigenvalue weighted by molar-refractivity contribution is 6.25. The number of phenolic OH excluding ortho intramolecular Hbond substituents is 1. The van der Waals surface area contributed by atoms with Gasteiger partial charge in [-0.25, -0.2) is 0 Å². The molecule has 2 amide bonds. The molecule has 4 atom stereocenters. The number of aromatic hydroxyl groups is 1. The van der Waals surface area contributed by atoms with Crippen LogP contribution < -0.4 is 9.64 Å². The van der Waals surface area contributed by atoms with Gasteiger partial charge in [0.1, 0.15) is 11.5 Å². The Morgan fingerprint density at radius 2 is 1.73 bits per heavy atom. The Morgan fingerprint density at radius 1 is 1.00 bits per heavy atom. The van der Waals surface area contributed by atoms with E-state index in [-0.39, 0.29) is 47.8 Å². The van der Waals surface area contributed by atoms with E-state index in [4.69, 9.17) is 4.74 Å². The van der Waals surface area contributed by atoms with Gasteiger partial charge in [0, 0.05) is 33.8 Å². The quantitative estimate of drug-likeness (QED) is 0.268. The first-order valence-corrected chi connectivity index (χ1v) is 13.2. The fourth-order valence-corrected chi connectivity index (χ4v) is 6.73. The number of amides is 2. The molecule has 1 aliphatic heterocycles. The first kappa shape index (κ1) is 25.7. The van der Waals surface area contributed by atoms with E-state index in [0.717, 1.165) is 5.57 Å². The summed E-state index contributed by atoms with van der Waals surface area (Å²) in [4.78, 5) is 67.3. The summed E-state index contributed by atoms with van der Waals surface area (Å²) >= 11 is 0. The zero-order valence-electron chi connectivity index (χ0n) is 22.3. The molecule has 40 heavy (non-hydrogen) atoms. The number of benzene rings is 2. The molecule has 6 rings (SSSR count). The van der Waals surface area contributed by atoms with Crippen LogP contribution in [0, 0.1) is 17.8 Å². The Bertz CT molecular complexity index is 1620. The molecule has 1 fully saturated rings. The van der Waals surface area contributed by atoms with Crippen molar-refractivity contribution in [2.24, 2.45) is 17.8 Å². The van der Waals surface area contributed by atoms with E-state index in [1.807, 2.05) is 6.08 Å². The highest BCUT2D eigenvalue weighted by Crippen LogP contribution is 2.56. The second-order valence-corrected chi connectivity index (χ2v) is 10.8. The summed E-state index contributed by atoms with van der Waals surface area (Å²) in [6.07, 6.45) is 3.66. The van der Waals surface area contributed by atoms with E-state index >= 15 is 0 Å². The van der Waals surface area contributed by atoms with Crippen molar-refractivity contribution in [2.75, 3.05) is 12.0 Å². The fraction of sp³-hybridized carbons (Fsp3) is 0.281. The van der Waals surface area contributed by atoms with E-state index in [1.165, 1.54) is 31.1 Å². The largest absolute Gasteiger partial charge is 0.508 e. The van der Waals surface area contributed by atoms with E-state index in [9.17, 15) is 29.1 Å². The number of fused-ring (bicyclic) bond motifs is 3. The minimum atomic E-state index is -0.766. The van der Waals surface area contributed by atoms with E-state index in [0.29, 0.717) is 39.3 Å². The van der Waals surface area contributed by atoms with Crippen LogP contribution in [-0.2, 0) is 19.2 Å². The van der Waals surface area contributed by atoms with Crippen molar-refractivity contribution in [3.63, 3.8) is 0 Å². The molecule has 2 aromatic rings. The molecular formula is C32H27NO7. The molecule has 0 radical (unpaired) electrons. The van der Waals surface area contributed by atoms with Crippen LogP contribution in [0.25, 0.3) is 0 Å². The zero-order chi connectivity index (χ0) is 28.5. The van der Waals surface area contributed by atoms with Gasteiger partial charge in [-0.1, -0.05) is 11.6 Å². The van der Waals surface area contributed by atoms with Gasteiger partial charge in [0.15, 0.2) is 17.3 Å². The lowest BCUT2D eigenvalue weighted by Crippen LogP contribution is -2.39. The summed E-state index contributed by atoms with van der Waals surface area (Å²) in [5, 5.41) is 10.9. The normalized spacial score (nSPS) is 25.7. The third-order valence-corrected chi connectivity index (χ3v) is 8.64. The average molecular weight is 538 g/mol.